The van der Waals surface area contributed by atoms with Gasteiger partial charge in [0.1, 0.15) is 42.3 Å². The molecule has 0 rings (SSSR count). The van der Waals surface area contributed by atoms with E-state index in [1.165, 1.54) is 59.3 Å². The van der Waals surface area contributed by atoms with Gasteiger partial charge in [0.25, 0.3) is 0 Å². The summed E-state index contributed by atoms with van der Waals surface area (Å²) in [5.41, 5.74) is 0. The minimum Gasteiger partial charge on any atom is -0.480 e. The van der Waals surface area contributed by atoms with Crippen LogP contribution in [0.3, 0.4) is 0 Å². The first-order valence-electron chi connectivity index (χ1n) is 26.9. The van der Waals surface area contributed by atoms with Crippen LogP contribution in [-0.2, 0) is 76.6 Å². The number of rotatable bonds is 46. The molecule has 12 N–H and O–H groups in total. The van der Waals surface area contributed by atoms with E-state index in [2.05, 4.69) is 44.1 Å². The first kappa shape index (κ1) is 71.6. The number of carbonyl (C=O) groups is 14. The molecule has 28 nitrogen and oxygen atoms in total. The van der Waals surface area contributed by atoms with Crippen LogP contribution in [-0.4, -0.2) is 164 Å². The minimum absolute atomic E-state index is 0.0945. The van der Waals surface area contributed by atoms with Gasteiger partial charge in [-0.25, -0.2) is 28.8 Å². The Balaban J connectivity index is 5.22. The number of esters is 2. The average Bonchev–Trinajstić information content (AvgIpc) is 3.37. The molecule has 0 aliphatic heterocycles. The van der Waals surface area contributed by atoms with Gasteiger partial charge in [0.2, 0.25) is 41.4 Å². The van der Waals surface area contributed by atoms with Crippen molar-refractivity contribution in [3.05, 3.63) is 0 Å². The predicted molar refractivity (Wildman–Crippen MR) is 277 cm³/mol. The summed E-state index contributed by atoms with van der Waals surface area (Å²) in [7, 11) is 0. The highest BCUT2D eigenvalue weighted by molar-refractivity contribution is 5.90. The fourth-order valence-corrected chi connectivity index (χ4v) is 7.59. The van der Waals surface area contributed by atoms with Crippen molar-refractivity contribution < 1.29 is 102 Å². The molecule has 0 spiro atoms. The van der Waals surface area contributed by atoms with Crippen molar-refractivity contribution in [2.45, 2.75) is 224 Å². The molecule has 0 aromatic heterocycles. The monoisotopic (exact) mass is 1130 g/mol. The smallest absolute Gasteiger partial charge is 0.328 e. The van der Waals surface area contributed by atoms with E-state index in [1.54, 1.807) is 0 Å². The van der Waals surface area contributed by atoms with Gasteiger partial charge in [-0.3, -0.25) is 38.4 Å². The molecule has 7 amide bonds. The van der Waals surface area contributed by atoms with Gasteiger partial charge in [-0.15, -0.1) is 0 Å². The van der Waals surface area contributed by atoms with E-state index < -0.39 is 190 Å². The third-order valence-electron chi connectivity index (χ3n) is 12.1. The maximum atomic E-state index is 12.9. The van der Waals surface area contributed by atoms with Crippen molar-refractivity contribution in [2.24, 2.45) is 0 Å². The topological polar surface area (TPSA) is 443 Å². The Morgan fingerprint density at radius 3 is 0.785 bits per heavy atom. The summed E-state index contributed by atoms with van der Waals surface area (Å²) in [6, 6.07) is -10.6. The molecule has 7 unspecified atom stereocenters. The van der Waals surface area contributed by atoms with Crippen molar-refractivity contribution >= 4 is 83.1 Å². The second-order valence-corrected chi connectivity index (χ2v) is 18.7. The number of carbonyl (C=O) groups excluding carboxylic acids is 9. The maximum absolute atomic E-state index is 12.9. The summed E-state index contributed by atoms with van der Waals surface area (Å²) in [5.74, 6) is -15.2. The third-order valence-corrected chi connectivity index (χ3v) is 12.1. The second kappa shape index (κ2) is 41.6. The number of nitrogens with one attached hydrogen (secondary N) is 7. The van der Waals surface area contributed by atoms with E-state index >= 15 is 0 Å². The van der Waals surface area contributed by atoms with Crippen molar-refractivity contribution in [3.63, 3.8) is 0 Å². The van der Waals surface area contributed by atoms with Crippen molar-refractivity contribution in [1.82, 2.24) is 37.2 Å². The zero-order chi connectivity index (χ0) is 59.9. The Morgan fingerprint density at radius 2 is 0.532 bits per heavy atom. The third kappa shape index (κ3) is 34.9. The van der Waals surface area contributed by atoms with Crippen molar-refractivity contribution in [2.75, 3.05) is 13.2 Å². The fourth-order valence-electron chi connectivity index (χ4n) is 7.59. The van der Waals surface area contributed by atoms with E-state index in [0.717, 1.165) is 25.7 Å². The van der Waals surface area contributed by atoms with Gasteiger partial charge < -0.3 is 72.2 Å². The lowest BCUT2D eigenvalue weighted by atomic mass is 10.0. The highest BCUT2D eigenvalue weighted by Crippen LogP contribution is 2.13. The van der Waals surface area contributed by atoms with Crippen LogP contribution >= 0.6 is 0 Å². The molecule has 0 aliphatic carbocycles. The standard InChI is InChI=1S/C51H83N7O21/c1-5-8-9-10-11-12-13-14-15-16-17-18-38(59)53-32(46(68)69)19-25-40(61)54-34(48(72)73)22-28-44(65)58-37(51(77)79-7-3)24-30-42(63)56-33(47(70)71)20-26-41(62)55-35(49(74)75)21-27-43(64)57-36(50(76)78-6-2)23-29-39(60)52-31(4)45(66)67/h31-37H,5-30H2,1-4H3,(H,52,60)(H,53,59)(H,54,61)(H,55,62)(H,56,63)(H,57,64)(H,58,65)(H,66,67)(H,68,69)(H,70,71)(H,72,73)(H,74,75). The molecule has 79 heavy (non-hydrogen) atoms. The second-order valence-electron chi connectivity index (χ2n) is 18.7. The van der Waals surface area contributed by atoms with Crippen LogP contribution in [0.25, 0.3) is 0 Å². The molecule has 0 bridgehead atoms. The van der Waals surface area contributed by atoms with Crippen LogP contribution < -0.4 is 37.2 Å². The lowest BCUT2D eigenvalue weighted by Gasteiger charge is -2.20. The molecular formula is C51H83N7O21. The number of aliphatic carboxylic acids is 5. The molecule has 448 valence electrons. The molecule has 0 aromatic carbocycles. The molecular weight excluding hydrogens is 1050 g/mol. The summed E-state index contributed by atoms with van der Waals surface area (Å²) >= 11 is 0. The summed E-state index contributed by atoms with van der Waals surface area (Å²) in [6.45, 7) is 6.06. The quantitative estimate of drug-likeness (QED) is 0.0302. The summed E-state index contributed by atoms with van der Waals surface area (Å²) in [4.78, 5) is 173. The van der Waals surface area contributed by atoms with Crippen molar-refractivity contribution in [1.29, 1.82) is 0 Å². The lowest BCUT2D eigenvalue weighted by Crippen LogP contribution is -2.46. The fraction of sp³-hybridized carbons (Fsp3) is 0.725. The normalized spacial score (nSPS) is 13.5. The molecule has 0 saturated carbocycles. The Hall–Kier alpha value is -7.42. The summed E-state index contributed by atoms with van der Waals surface area (Å²) in [6.07, 6.45) is 5.89. The molecule has 0 heterocycles. The van der Waals surface area contributed by atoms with E-state index in [4.69, 9.17) is 14.6 Å². The van der Waals surface area contributed by atoms with E-state index in [0.29, 0.717) is 6.42 Å². The van der Waals surface area contributed by atoms with Crippen molar-refractivity contribution in [3.8, 4) is 0 Å². The van der Waals surface area contributed by atoms with Gasteiger partial charge in [-0.05, 0) is 65.7 Å². The van der Waals surface area contributed by atoms with Gasteiger partial charge >= 0.3 is 41.8 Å². The molecule has 0 fully saturated rings. The van der Waals surface area contributed by atoms with Gasteiger partial charge in [-0.1, -0.05) is 71.1 Å². The van der Waals surface area contributed by atoms with E-state index in [-0.39, 0.29) is 32.5 Å². The van der Waals surface area contributed by atoms with Crippen LogP contribution in [0.1, 0.15) is 182 Å². The Morgan fingerprint density at radius 1 is 0.304 bits per heavy atom. The first-order chi connectivity index (χ1) is 37.3. The number of ether oxygens (including phenoxy) is 2. The van der Waals surface area contributed by atoms with Gasteiger partial charge in [0.05, 0.1) is 13.2 Å². The van der Waals surface area contributed by atoms with E-state index in [1.807, 2.05) is 0 Å². The number of carboxylic acid groups (broad SMARTS) is 5. The molecule has 0 saturated heterocycles. The minimum atomic E-state index is -1.72. The maximum Gasteiger partial charge on any atom is 0.328 e. The first-order valence-corrected chi connectivity index (χ1v) is 26.9. The van der Waals surface area contributed by atoms with E-state index in [9.17, 15) is 87.5 Å². The Kier molecular flexibility index (Phi) is 37.7. The van der Waals surface area contributed by atoms with Gasteiger partial charge in [-0.2, -0.15) is 0 Å². The number of hydrogen-bond donors (Lipinski definition) is 12. The molecule has 0 aromatic rings. The number of amides is 7. The Bertz CT molecular complexity index is 2040. The largest absolute Gasteiger partial charge is 0.480 e. The number of unbranched alkanes of at least 4 members (excludes halogenated alkanes) is 10. The van der Waals surface area contributed by atoms with Crippen LogP contribution in [0.2, 0.25) is 0 Å². The molecule has 0 aliphatic rings. The highest BCUT2D eigenvalue weighted by Gasteiger charge is 2.30. The number of carboxylic acids is 5. The Labute approximate surface area is 458 Å². The molecule has 7 atom stereocenters. The van der Waals surface area contributed by atoms with Gasteiger partial charge in [0, 0.05) is 44.9 Å². The van der Waals surface area contributed by atoms with Gasteiger partial charge in [0.15, 0.2) is 0 Å². The summed E-state index contributed by atoms with van der Waals surface area (Å²) in [5, 5.41) is 63.5. The zero-order valence-corrected chi connectivity index (χ0v) is 45.7. The zero-order valence-electron chi connectivity index (χ0n) is 45.7. The average molecular weight is 1130 g/mol. The predicted octanol–water partition coefficient (Wildman–Crippen LogP) is 1.33. The lowest BCUT2D eigenvalue weighted by molar-refractivity contribution is -0.148. The van der Waals surface area contributed by atoms with Crippen LogP contribution in [0, 0.1) is 0 Å². The SMILES string of the molecule is CCCCCCCCCCCCCC(=O)NC(CCC(=O)NC(CCC(=O)NC(CCC(=O)NC(CCC(=O)NC(CCC(=O)NC(CCC(=O)NC(C)C(=O)O)C(=O)OCC)C(=O)O)C(=O)O)C(=O)OCC)C(=O)O)C(=O)O. The van der Waals surface area contributed by atoms with Crippen LogP contribution in [0.5, 0.6) is 0 Å². The van der Waals surface area contributed by atoms with Crippen LogP contribution in [0.4, 0.5) is 0 Å². The molecule has 0 radical (unpaired) electrons. The van der Waals surface area contributed by atoms with Crippen LogP contribution in [0.15, 0.2) is 0 Å². The summed E-state index contributed by atoms with van der Waals surface area (Å²) < 4.78 is 9.88. The highest BCUT2D eigenvalue weighted by atomic mass is 16.5. The molecule has 28 heteroatoms. The number of hydrogen-bond acceptors (Lipinski definition) is 16.